The average Bonchev–Trinajstić information content (AvgIpc) is 3.21. The van der Waals surface area contributed by atoms with Gasteiger partial charge in [-0.2, -0.15) is 0 Å². The van der Waals surface area contributed by atoms with Crippen molar-refractivity contribution in [1.29, 1.82) is 5.41 Å². The largest absolute Gasteiger partial charge is 0.332 e. The number of nitrogens with one attached hydrogen (secondary N) is 1. The molecule has 6 nitrogen and oxygen atoms in total. The number of imidazole rings is 1. The topological polar surface area (TPSA) is 74.2 Å². The van der Waals surface area contributed by atoms with Crippen LogP contribution in [0.1, 0.15) is 29.8 Å². The van der Waals surface area contributed by atoms with Crippen LogP contribution in [0.3, 0.4) is 0 Å². The Morgan fingerprint density at radius 2 is 1.94 bits per heavy atom. The van der Waals surface area contributed by atoms with Crippen LogP contribution >= 0.6 is 0 Å². The first-order chi connectivity index (χ1) is 15.4. The fourth-order valence-corrected chi connectivity index (χ4v) is 4.33. The summed E-state index contributed by atoms with van der Waals surface area (Å²) in [5.74, 6) is 5.27. The maximum atomic E-state index is 14.6. The monoisotopic (exact) mass is 438 g/mol. The van der Waals surface area contributed by atoms with Gasteiger partial charge in [0.1, 0.15) is 17.5 Å². The number of nitrogens with two attached hydrogens (primary N) is 1. The smallest absolute Gasteiger partial charge is 0.129 e. The molecular formula is C24H28F2N6. The van der Waals surface area contributed by atoms with Gasteiger partial charge in [0.05, 0.1) is 18.6 Å². The van der Waals surface area contributed by atoms with Crippen molar-refractivity contribution in [2.24, 2.45) is 5.84 Å². The fraction of sp³-hybridized carbons (Fsp3) is 0.333. The van der Waals surface area contributed by atoms with Crippen molar-refractivity contribution in [3.05, 3.63) is 77.2 Å². The summed E-state index contributed by atoms with van der Waals surface area (Å²) in [5.41, 5.74) is 3.61. The summed E-state index contributed by atoms with van der Waals surface area (Å²) < 4.78 is 30.3. The van der Waals surface area contributed by atoms with Crippen LogP contribution in [0.2, 0.25) is 0 Å². The quantitative estimate of drug-likeness (QED) is 0.254. The van der Waals surface area contributed by atoms with Gasteiger partial charge in [-0.25, -0.2) is 19.6 Å². The molecule has 3 N–H and O–H groups in total. The molecule has 1 aliphatic heterocycles. The molecule has 2 heterocycles. The van der Waals surface area contributed by atoms with Crippen LogP contribution in [0, 0.1) is 24.0 Å². The molecule has 3 aromatic rings. The molecule has 0 aliphatic carbocycles. The van der Waals surface area contributed by atoms with Gasteiger partial charge in [-0.3, -0.25) is 10.3 Å². The number of halogens is 2. The number of nitrogens with zero attached hydrogens (tertiary/aromatic N) is 4. The molecule has 0 amide bonds. The second-order valence-electron chi connectivity index (χ2n) is 8.41. The third kappa shape index (κ3) is 4.56. The molecule has 2 aromatic carbocycles. The van der Waals surface area contributed by atoms with Crippen LogP contribution in [-0.2, 0) is 13.1 Å². The molecule has 32 heavy (non-hydrogen) atoms. The van der Waals surface area contributed by atoms with E-state index in [0.717, 1.165) is 42.6 Å². The van der Waals surface area contributed by atoms with Crippen molar-refractivity contribution >= 4 is 6.34 Å². The first-order valence-corrected chi connectivity index (χ1v) is 10.7. The van der Waals surface area contributed by atoms with E-state index in [9.17, 15) is 8.78 Å². The highest BCUT2D eigenvalue weighted by Crippen LogP contribution is 2.30. The maximum absolute atomic E-state index is 14.6. The lowest BCUT2D eigenvalue weighted by molar-refractivity contribution is 0.132. The predicted molar refractivity (Wildman–Crippen MR) is 121 cm³/mol. The number of fused-ring (bicyclic) bond motifs is 1. The molecule has 1 unspecified atom stereocenters. The average molecular weight is 439 g/mol. The van der Waals surface area contributed by atoms with E-state index in [0.29, 0.717) is 12.1 Å². The summed E-state index contributed by atoms with van der Waals surface area (Å²) in [5, 5.41) is 8.65. The Labute approximate surface area is 186 Å². The lowest BCUT2D eigenvalue weighted by Crippen LogP contribution is -2.46. The second-order valence-corrected chi connectivity index (χ2v) is 8.41. The van der Waals surface area contributed by atoms with E-state index < -0.39 is 11.6 Å². The highest BCUT2D eigenvalue weighted by molar-refractivity contribution is 5.59. The summed E-state index contributed by atoms with van der Waals surface area (Å²) in [6.07, 6.45) is 3.09. The highest BCUT2D eigenvalue weighted by atomic mass is 19.1. The van der Waals surface area contributed by atoms with Crippen LogP contribution in [0.5, 0.6) is 0 Å². The summed E-state index contributed by atoms with van der Waals surface area (Å²) >= 11 is 0. The van der Waals surface area contributed by atoms with E-state index in [1.807, 2.05) is 6.92 Å². The third-order valence-corrected chi connectivity index (χ3v) is 6.27. The van der Waals surface area contributed by atoms with Crippen LogP contribution in [0.25, 0.3) is 11.3 Å². The number of hydrogen-bond acceptors (Lipinski definition) is 4. The van der Waals surface area contributed by atoms with Gasteiger partial charge in [0.2, 0.25) is 0 Å². The minimum absolute atomic E-state index is 0.103. The number of aryl methyl sites for hydroxylation is 1. The van der Waals surface area contributed by atoms with E-state index in [2.05, 4.69) is 46.9 Å². The molecule has 0 spiro atoms. The van der Waals surface area contributed by atoms with Gasteiger partial charge >= 0.3 is 0 Å². The summed E-state index contributed by atoms with van der Waals surface area (Å²) in [6.45, 7) is 6.47. The predicted octanol–water partition coefficient (Wildman–Crippen LogP) is 3.91. The number of rotatable bonds is 7. The van der Waals surface area contributed by atoms with Gasteiger partial charge in [-0.1, -0.05) is 35.9 Å². The number of aromatic nitrogens is 2. The fourth-order valence-electron chi connectivity index (χ4n) is 4.33. The van der Waals surface area contributed by atoms with Crippen LogP contribution < -0.4 is 5.84 Å². The van der Waals surface area contributed by atoms with Crippen molar-refractivity contribution in [2.75, 3.05) is 13.1 Å². The Balaban J connectivity index is 1.58. The van der Waals surface area contributed by atoms with E-state index >= 15 is 0 Å². The van der Waals surface area contributed by atoms with Gasteiger partial charge in [0, 0.05) is 49.4 Å². The zero-order valence-corrected chi connectivity index (χ0v) is 18.3. The Kier molecular flexibility index (Phi) is 6.34. The Morgan fingerprint density at radius 1 is 1.19 bits per heavy atom. The van der Waals surface area contributed by atoms with Crippen molar-refractivity contribution in [1.82, 2.24) is 19.5 Å². The molecule has 0 bridgehead atoms. The SMILES string of the molecule is Cc1ccc(-c2cn3c(n2)CN([C@H](C)C(CN(N)C=N)c2ccc(F)cc2F)CC3)cc1. The zero-order chi connectivity index (χ0) is 22.8. The van der Waals surface area contributed by atoms with Crippen molar-refractivity contribution in [3.63, 3.8) is 0 Å². The molecule has 0 radical (unpaired) electrons. The molecular weight excluding hydrogens is 410 g/mol. The Bertz CT molecular complexity index is 1090. The van der Waals surface area contributed by atoms with Crippen molar-refractivity contribution in [3.8, 4) is 11.3 Å². The highest BCUT2D eigenvalue weighted by Gasteiger charge is 2.31. The zero-order valence-electron chi connectivity index (χ0n) is 18.3. The van der Waals surface area contributed by atoms with E-state index in [1.165, 1.54) is 22.7 Å². The van der Waals surface area contributed by atoms with E-state index in [1.54, 1.807) is 0 Å². The number of benzene rings is 2. The van der Waals surface area contributed by atoms with Gasteiger partial charge in [-0.05, 0) is 25.5 Å². The molecule has 2 atom stereocenters. The van der Waals surface area contributed by atoms with Crippen LogP contribution in [0.4, 0.5) is 8.78 Å². The molecule has 168 valence electrons. The van der Waals surface area contributed by atoms with E-state index in [4.69, 9.17) is 16.2 Å². The molecule has 1 aliphatic rings. The summed E-state index contributed by atoms with van der Waals surface area (Å²) in [4.78, 5) is 7.09. The standard InChI is InChI=1S/C24H28F2N6/c1-16-3-5-18(6-4-16)23-13-31-10-9-30(14-24(31)29-23)17(2)21(12-32(28)15-27)20-8-7-19(25)11-22(20)26/h3-8,11,13,15,17,21,27H,9-10,12,14,28H2,1-2H3/t17-,21?/m1/s1. The van der Waals surface area contributed by atoms with E-state index in [-0.39, 0.29) is 18.5 Å². The molecule has 0 fully saturated rings. The van der Waals surface area contributed by atoms with Crippen molar-refractivity contribution in [2.45, 2.75) is 38.9 Å². The Hall–Kier alpha value is -3.10. The number of hydrogen-bond donors (Lipinski definition) is 2. The third-order valence-electron chi connectivity index (χ3n) is 6.27. The lowest BCUT2D eigenvalue weighted by Gasteiger charge is -2.38. The molecule has 1 aromatic heterocycles. The maximum Gasteiger partial charge on any atom is 0.129 e. The summed E-state index contributed by atoms with van der Waals surface area (Å²) in [6, 6.07) is 11.8. The molecule has 0 saturated carbocycles. The van der Waals surface area contributed by atoms with Gasteiger partial charge < -0.3 is 9.58 Å². The summed E-state index contributed by atoms with van der Waals surface area (Å²) in [7, 11) is 0. The minimum atomic E-state index is -0.613. The lowest BCUT2D eigenvalue weighted by atomic mass is 9.90. The van der Waals surface area contributed by atoms with Crippen molar-refractivity contribution < 1.29 is 8.78 Å². The van der Waals surface area contributed by atoms with Gasteiger partial charge in [0.15, 0.2) is 0 Å². The molecule has 0 saturated heterocycles. The first kappa shape index (κ1) is 22.1. The minimum Gasteiger partial charge on any atom is -0.332 e. The number of hydrazine groups is 1. The first-order valence-electron chi connectivity index (χ1n) is 10.7. The van der Waals surface area contributed by atoms with Crippen LogP contribution in [-0.4, -0.2) is 44.9 Å². The molecule has 4 rings (SSSR count). The van der Waals surface area contributed by atoms with Gasteiger partial charge in [0.25, 0.3) is 0 Å². The Morgan fingerprint density at radius 3 is 2.62 bits per heavy atom. The molecule has 8 heteroatoms. The normalized spacial score (nSPS) is 15.8. The second kappa shape index (κ2) is 9.18. The van der Waals surface area contributed by atoms with Crippen LogP contribution in [0.15, 0.2) is 48.7 Å². The van der Waals surface area contributed by atoms with Gasteiger partial charge in [-0.15, -0.1) is 0 Å².